The van der Waals surface area contributed by atoms with Crippen LogP contribution in [0.4, 0.5) is 10.1 Å². The fourth-order valence-corrected chi connectivity index (χ4v) is 2.73. The third kappa shape index (κ3) is 3.22. The second-order valence-electron chi connectivity index (χ2n) is 4.67. The van der Waals surface area contributed by atoms with Gasteiger partial charge in [0.2, 0.25) is 0 Å². The van der Waals surface area contributed by atoms with Gasteiger partial charge in [-0.05, 0) is 53.4 Å². The smallest absolute Gasteiger partial charge is 0.306 e. The van der Waals surface area contributed by atoms with E-state index in [9.17, 15) is 9.18 Å². The van der Waals surface area contributed by atoms with E-state index in [0.717, 1.165) is 23.7 Å². The molecular weight excluding hydrogens is 301 g/mol. The van der Waals surface area contributed by atoms with Gasteiger partial charge in [-0.15, -0.1) is 0 Å². The summed E-state index contributed by atoms with van der Waals surface area (Å²) in [5.74, 6) is -1.32. The molecule has 1 saturated carbocycles. The van der Waals surface area contributed by atoms with Gasteiger partial charge in [-0.25, -0.2) is 4.39 Å². The summed E-state index contributed by atoms with van der Waals surface area (Å²) in [6.45, 7) is 0. The van der Waals surface area contributed by atoms with E-state index in [1.807, 2.05) is 0 Å². The van der Waals surface area contributed by atoms with Gasteiger partial charge in [0.1, 0.15) is 5.82 Å². The van der Waals surface area contributed by atoms with Gasteiger partial charge in [-0.2, -0.15) is 0 Å². The standard InChI is InChI=1S/C13H15BrFNO2/c14-11-5-4-9(15)7-12(11)16-10-3-1-2-8(6-10)13(17)18/h4-5,7-8,10,16H,1-3,6H2,(H,17,18). The first-order valence-corrected chi connectivity index (χ1v) is 6.80. The predicted octanol–water partition coefficient (Wildman–Crippen LogP) is 3.64. The summed E-state index contributed by atoms with van der Waals surface area (Å²) in [4.78, 5) is 11.0. The molecule has 98 valence electrons. The number of anilines is 1. The number of nitrogens with one attached hydrogen (secondary N) is 1. The quantitative estimate of drug-likeness (QED) is 0.895. The van der Waals surface area contributed by atoms with Crippen LogP contribution >= 0.6 is 15.9 Å². The van der Waals surface area contributed by atoms with Crippen LogP contribution < -0.4 is 5.32 Å². The molecule has 1 aliphatic rings. The molecule has 2 unspecified atom stereocenters. The highest BCUT2D eigenvalue weighted by Gasteiger charge is 2.27. The molecule has 0 spiro atoms. The number of rotatable bonds is 3. The monoisotopic (exact) mass is 315 g/mol. The Hall–Kier alpha value is -1.10. The average molecular weight is 316 g/mol. The van der Waals surface area contributed by atoms with Crippen LogP contribution in [0, 0.1) is 11.7 Å². The lowest BCUT2D eigenvalue weighted by molar-refractivity contribution is -0.142. The first kappa shape index (κ1) is 13.3. The van der Waals surface area contributed by atoms with Crippen molar-refractivity contribution in [1.29, 1.82) is 0 Å². The lowest BCUT2D eigenvalue weighted by atomic mass is 9.85. The summed E-state index contributed by atoms with van der Waals surface area (Å²) in [5, 5.41) is 12.2. The van der Waals surface area contributed by atoms with Crippen molar-refractivity contribution in [2.24, 2.45) is 5.92 Å². The Morgan fingerprint density at radius 1 is 1.44 bits per heavy atom. The van der Waals surface area contributed by atoms with E-state index in [1.165, 1.54) is 12.1 Å². The van der Waals surface area contributed by atoms with Crippen LogP contribution in [0.1, 0.15) is 25.7 Å². The molecule has 0 bridgehead atoms. The van der Waals surface area contributed by atoms with Crippen molar-refractivity contribution in [3.8, 4) is 0 Å². The van der Waals surface area contributed by atoms with Crippen LogP contribution in [0.15, 0.2) is 22.7 Å². The highest BCUT2D eigenvalue weighted by Crippen LogP contribution is 2.30. The Morgan fingerprint density at radius 3 is 2.94 bits per heavy atom. The molecule has 1 aromatic carbocycles. The van der Waals surface area contributed by atoms with Crippen molar-refractivity contribution in [2.45, 2.75) is 31.7 Å². The Kier molecular flexibility index (Phi) is 4.22. The van der Waals surface area contributed by atoms with Crippen molar-refractivity contribution in [3.05, 3.63) is 28.5 Å². The van der Waals surface area contributed by atoms with E-state index < -0.39 is 5.97 Å². The summed E-state index contributed by atoms with van der Waals surface area (Å²) >= 11 is 3.36. The molecule has 0 amide bonds. The number of carboxylic acid groups (broad SMARTS) is 1. The van der Waals surface area contributed by atoms with E-state index >= 15 is 0 Å². The molecule has 2 rings (SSSR count). The first-order chi connectivity index (χ1) is 8.56. The number of hydrogen-bond donors (Lipinski definition) is 2. The third-order valence-electron chi connectivity index (χ3n) is 3.31. The lowest BCUT2D eigenvalue weighted by Gasteiger charge is -2.28. The fraction of sp³-hybridized carbons (Fsp3) is 0.462. The van der Waals surface area contributed by atoms with Gasteiger partial charge >= 0.3 is 5.97 Å². The minimum Gasteiger partial charge on any atom is -0.481 e. The Labute approximate surface area is 114 Å². The molecule has 3 nitrogen and oxygen atoms in total. The van der Waals surface area contributed by atoms with Crippen molar-refractivity contribution in [3.63, 3.8) is 0 Å². The summed E-state index contributed by atoms with van der Waals surface area (Å²) in [6, 6.07) is 4.55. The molecular formula is C13H15BrFNO2. The predicted molar refractivity (Wildman–Crippen MR) is 71.1 cm³/mol. The molecule has 0 saturated heterocycles. The topological polar surface area (TPSA) is 49.3 Å². The van der Waals surface area contributed by atoms with Crippen LogP contribution in [-0.2, 0) is 4.79 Å². The first-order valence-electron chi connectivity index (χ1n) is 6.00. The molecule has 0 aliphatic heterocycles. The molecule has 0 aromatic heterocycles. The Balaban J connectivity index is 2.04. The van der Waals surface area contributed by atoms with E-state index in [1.54, 1.807) is 6.07 Å². The Bertz CT molecular complexity index is 453. The molecule has 2 N–H and O–H groups in total. The summed E-state index contributed by atoms with van der Waals surface area (Å²) < 4.78 is 13.9. The highest BCUT2D eigenvalue weighted by atomic mass is 79.9. The maximum absolute atomic E-state index is 13.2. The van der Waals surface area contributed by atoms with Gasteiger partial charge in [-0.3, -0.25) is 4.79 Å². The Morgan fingerprint density at radius 2 is 2.22 bits per heavy atom. The normalized spacial score (nSPS) is 23.7. The maximum atomic E-state index is 13.2. The van der Waals surface area contributed by atoms with Crippen molar-refractivity contribution in [2.75, 3.05) is 5.32 Å². The zero-order valence-electron chi connectivity index (χ0n) is 9.83. The van der Waals surface area contributed by atoms with Crippen LogP contribution in [0.3, 0.4) is 0 Å². The number of carbonyl (C=O) groups is 1. The maximum Gasteiger partial charge on any atom is 0.306 e. The van der Waals surface area contributed by atoms with E-state index in [2.05, 4.69) is 21.2 Å². The van der Waals surface area contributed by atoms with E-state index in [4.69, 9.17) is 5.11 Å². The molecule has 1 aromatic rings. The third-order valence-corrected chi connectivity index (χ3v) is 4.00. The number of benzene rings is 1. The number of carboxylic acids is 1. The lowest BCUT2D eigenvalue weighted by Crippen LogP contribution is -2.31. The number of aliphatic carboxylic acids is 1. The fourth-order valence-electron chi connectivity index (χ4n) is 2.37. The second kappa shape index (κ2) is 5.69. The van der Waals surface area contributed by atoms with E-state index in [-0.39, 0.29) is 17.8 Å². The van der Waals surface area contributed by atoms with Gasteiger partial charge in [0, 0.05) is 10.5 Å². The second-order valence-corrected chi connectivity index (χ2v) is 5.52. The average Bonchev–Trinajstić information content (AvgIpc) is 2.34. The molecule has 0 heterocycles. The molecule has 5 heteroatoms. The molecule has 1 fully saturated rings. The largest absolute Gasteiger partial charge is 0.481 e. The highest BCUT2D eigenvalue weighted by molar-refractivity contribution is 9.10. The zero-order chi connectivity index (χ0) is 13.1. The summed E-state index contributed by atoms with van der Waals surface area (Å²) in [5.41, 5.74) is 0.686. The summed E-state index contributed by atoms with van der Waals surface area (Å²) in [6.07, 6.45) is 3.14. The van der Waals surface area contributed by atoms with Crippen molar-refractivity contribution in [1.82, 2.24) is 0 Å². The van der Waals surface area contributed by atoms with Crippen molar-refractivity contribution < 1.29 is 14.3 Å². The SMILES string of the molecule is O=C(O)C1CCCC(Nc2cc(F)ccc2Br)C1. The van der Waals surface area contributed by atoms with Gasteiger partial charge in [0.15, 0.2) is 0 Å². The number of hydrogen-bond acceptors (Lipinski definition) is 2. The van der Waals surface area contributed by atoms with Gasteiger partial charge in [-0.1, -0.05) is 6.42 Å². The van der Waals surface area contributed by atoms with Crippen LogP contribution in [-0.4, -0.2) is 17.1 Å². The van der Waals surface area contributed by atoms with Crippen molar-refractivity contribution >= 4 is 27.6 Å². The summed E-state index contributed by atoms with van der Waals surface area (Å²) in [7, 11) is 0. The van der Waals surface area contributed by atoms with Gasteiger partial charge < -0.3 is 10.4 Å². The molecule has 2 atom stereocenters. The molecule has 1 aliphatic carbocycles. The van der Waals surface area contributed by atoms with Gasteiger partial charge in [0.05, 0.1) is 11.6 Å². The van der Waals surface area contributed by atoms with Crippen LogP contribution in [0.2, 0.25) is 0 Å². The van der Waals surface area contributed by atoms with Gasteiger partial charge in [0.25, 0.3) is 0 Å². The van der Waals surface area contributed by atoms with Crippen LogP contribution in [0.25, 0.3) is 0 Å². The van der Waals surface area contributed by atoms with Crippen LogP contribution in [0.5, 0.6) is 0 Å². The zero-order valence-corrected chi connectivity index (χ0v) is 11.4. The minimum absolute atomic E-state index is 0.0953. The number of halogens is 2. The van der Waals surface area contributed by atoms with E-state index in [0.29, 0.717) is 12.1 Å². The minimum atomic E-state index is -0.736. The molecule has 18 heavy (non-hydrogen) atoms. The molecule has 0 radical (unpaired) electrons.